The first-order valence-corrected chi connectivity index (χ1v) is 10.5. The molecule has 2 saturated heterocycles. The number of nitrogens with one attached hydrogen (secondary N) is 2. The van der Waals surface area contributed by atoms with Crippen LogP contribution < -0.4 is 10.6 Å². The summed E-state index contributed by atoms with van der Waals surface area (Å²) in [6.45, 7) is 3.31. The van der Waals surface area contributed by atoms with Crippen molar-refractivity contribution in [1.29, 1.82) is 0 Å². The number of hydrogen-bond donors (Lipinski definition) is 2. The van der Waals surface area contributed by atoms with E-state index in [4.69, 9.17) is 4.98 Å². The lowest BCUT2D eigenvalue weighted by Crippen LogP contribution is -2.49. The summed E-state index contributed by atoms with van der Waals surface area (Å²) >= 11 is 0. The molecule has 1 unspecified atom stereocenters. The van der Waals surface area contributed by atoms with Crippen LogP contribution in [0, 0.1) is 5.82 Å². The minimum absolute atomic E-state index is 0.0399. The molecular formula is C22H28FN5O. The maximum Gasteiger partial charge on any atom is 0.317 e. The summed E-state index contributed by atoms with van der Waals surface area (Å²) in [6.07, 6.45) is 6.83. The van der Waals surface area contributed by atoms with Gasteiger partial charge in [0.15, 0.2) is 0 Å². The molecule has 2 amide bonds. The molecule has 0 aliphatic carbocycles. The van der Waals surface area contributed by atoms with Crippen molar-refractivity contribution in [1.82, 2.24) is 25.5 Å². The number of nitrogens with zero attached hydrogens (tertiary/aromatic N) is 3. The Kier molecular flexibility index (Phi) is 6.34. The third-order valence-electron chi connectivity index (χ3n) is 5.84. The van der Waals surface area contributed by atoms with E-state index in [1.807, 2.05) is 11.0 Å². The van der Waals surface area contributed by atoms with E-state index in [9.17, 15) is 9.18 Å². The molecule has 1 aromatic carbocycles. The average Bonchev–Trinajstić information content (AvgIpc) is 3.03. The SMILES string of the molecule is O=C(NC1CCCCNC1)N1CCC(c2nccc(-c3ccc(F)cc3)n2)CC1. The maximum absolute atomic E-state index is 13.2. The Morgan fingerprint density at radius 3 is 2.69 bits per heavy atom. The lowest BCUT2D eigenvalue weighted by atomic mass is 9.96. The van der Waals surface area contributed by atoms with E-state index in [0.29, 0.717) is 13.1 Å². The van der Waals surface area contributed by atoms with Gasteiger partial charge >= 0.3 is 6.03 Å². The standard InChI is InChI=1S/C22H28FN5O/c23-18-6-4-16(5-7-18)20-8-12-25-21(27-20)17-9-13-28(14-10-17)22(29)26-19-3-1-2-11-24-15-19/h4-8,12,17,19,24H,1-3,9-11,13-15H2,(H,26,29). The highest BCUT2D eigenvalue weighted by molar-refractivity contribution is 5.74. The number of hydrogen-bond acceptors (Lipinski definition) is 4. The molecule has 2 aliphatic rings. The molecule has 2 aliphatic heterocycles. The van der Waals surface area contributed by atoms with Crippen molar-refractivity contribution in [2.24, 2.45) is 0 Å². The number of rotatable bonds is 3. The number of amides is 2. The Labute approximate surface area is 170 Å². The Morgan fingerprint density at radius 2 is 1.90 bits per heavy atom. The van der Waals surface area contributed by atoms with Crippen LogP contribution in [0.4, 0.5) is 9.18 Å². The highest BCUT2D eigenvalue weighted by Crippen LogP contribution is 2.27. The Hall–Kier alpha value is -2.54. The summed E-state index contributed by atoms with van der Waals surface area (Å²) < 4.78 is 13.2. The first kappa shape index (κ1) is 19.8. The molecule has 3 heterocycles. The van der Waals surface area contributed by atoms with E-state index in [1.54, 1.807) is 18.3 Å². The summed E-state index contributed by atoms with van der Waals surface area (Å²) in [5.41, 5.74) is 1.68. The Balaban J connectivity index is 1.34. The highest BCUT2D eigenvalue weighted by Gasteiger charge is 2.27. The molecule has 2 fully saturated rings. The lowest BCUT2D eigenvalue weighted by Gasteiger charge is -2.32. The van der Waals surface area contributed by atoms with Crippen LogP contribution in [-0.2, 0) is 0 Å². The molecule has 1 aromatic heterocycles. The quantitative estimate of drug-likeness (QED) is 0.834. The molecule has 29 heavy (non-hydrogen) atoms. The van der Waals surface area contributed by atoms with Crippen molar-refractivity contribution in [3.05, 3.63) is 48.2 Å². The van der Waals surface area contributed by atoms with E-state index < -0.39 is 0 Å². The third-order valence-corrected chi connectivity index (χ3v) is 5.84. The van der Waals surface area contributed by atoms with Gasteiger partial charge in [-0.05, 0) is 62.6 Å². The molecule has 4 rings (SSSR count). The van der Waals surface area contributed by atoms with Crippen LogP contribution in [0.1, 0.15) is 43.8 Å². The fourth-order valence-corrected chi connectivity index (χ4v) is 4.10. The number of halogens is 1. The maximum atomic E-state index is 13.2. The summed E-state index contributed by atoms with van der Waals surface area (Å²) in [4.78, 5) is 23.7. The van der Waals surface area contributed by atoms with Crippen LogP contribution in [0.25, 0.3) is 11.3 Å². The van der Waals surface area contributed by atoms with E-state index in [0.717, 1.165) is 55.9 Å². The van der Waals surface area contributed by atoms with Gasteiger partial charge in [-0.3, -0.25) is 0 Å². The van der Waals surface area contributed by atoms with Crippen LogP contribution in [0.2, 0.25) is 0 Å². The van der Waals surface area contributed by atoms with E-state index in [-0.39, 0.29) is 23.8 Å². The van der Waals surface area contributed by atoms with E-state index in [2.05, 4.69) is 15.6 Å². The largest absolute Gasteiger partial charge is 0.334 e. The van der Waals surface area contributed by atoms with Gasteiger partial charge in [-0.25, -0.2) is 19.2 Å². The number of likely N-dealkylation sites (tertiary alicyclic amines) is 1. The van der Waals surface area contributed by atoms with Gasteiger partial charge in [0, 0.05) is 43.4 Å². The van der Waals surface area contributed by atoms with Gasteiger partial charge in [0.1, 0.15) is 11.6 Å². The molecule has 0 spiro atoms. The number of carbonyl (C=O) groups excluding carboxylic acids is 1. The van der Waals surface area contributed by atoms with Gasteiger partial charge < -0.3 is 15.5 Å². The molecule has 2 N–H and O–H groups in total. The van der Waals surface area contributed by atoms with Crippen LogP contribution >= 0.6 is 0 Å². The van der Waals surface area contributed by atoms with Gasteiger partial charge in [-0.2, -0.15) is 0 Å². The van der Waals surface area contributed by atoms with Crippen molar-refractivity contribution >= 4 is 6.03 Å². The average molecular weight is 397 g/mol. The summed E-state index contributed by atoms with van der Waals surface area (Å²) in [7, 11) is 0. The van der Waals surface area contributed by atoms with E-state index in [1.165, 1.54) is 18.6 Å². The molecule has 6 nitrogen and oxygen atoms in total. The zero-order valence-electron chi connectivity index (χ0n) is 16.6. The van der Waals surface area contributed by atoms with Crippen molar-refractivity contribution in [3.63, 3.8) is 0 Å². The Bertz CT molecular complexity index is 812. The first-order chi connectivity index (χ1) is 14.2. The van der Waals surface area contributed by atoms with Crippen LogP contribution in [0.3, 0.4) is 0 Å². The predicted octanol–water partition coefficient (Wildman–Crippen LogP) is 3.31. The minimum Gasteiger partial charge on any atom is -0.334 e. The second-order valence-electron chi connectivity index (χ2n) is 7.91. The third kappa shape index (κ3) is 5.09. The summed E-state index contributed by atoms with van der Waals surface area (Å²) in [5, 5.41) is 6.57. The van der Waals surface area contributed by atoms with Crippen molar-refractivity contribution < 1.29 is 9.18 Å². The van der Waals surface area contributed by atoms with E-state index >= 15 is 0 Å². The second kappa shape index (κ2) is 9.31. The van der Waals surface area contributed by atoms with Gasteiger partial charge in [-0.1, -0.05) is 6.42 Å². The molecular weight excluding hydrogens is 369 g/mol. The molecule has 154 valence electrons. The molecule has 0 bridgehead atoms. The second-order valence-corrected chi connectivity index (χ2v) is 7.91. The number of piperidine rings is 1. The predicted molar refractivity (Wildman–Crippen MR) is 110 cm³/mol. The summed E-state index contributed by atoms with van der Waals surface area (Å²) in [6, 6.07) is 8.46. The fraction of sp³-hybridized carbons (Fsp3) is 0.500. The van der Waals surface area contributed by atoms with Crippen molar-refractivity contribution in [2.45, 2.75) is 44.1 Å². The minimum atomic E-state index is -0.256. The van der Waals surface area contributed by atoms with Crippen LogP contribution in [-0.4, -0.2) is 53.1 Å². The van der Waals surface area contributed by atoms with Gasteiger partial charge in [0.25, 0.3) is 0 Å². The van der Waals surface area contributed by atoms with Gasteiger partial charge in [-0.15, -0.1) is 0 Å². The monoisotopic (exact) mass is 397 g/mol. The molecule has 7 heteroatoms. The number of urea groups is 1. The number of benzene rings is 1. The van der Waals surface area contributed by atoms with Crippen LogP contribution in [0.15, 0.2) is 36.5 Å². The topological polar surface area (TPSA) is 70.2 Å². The Morgan fingerprint density at radius 1 is 1.10 bits per heavy atom. The number of carbonyl (C=O) groups is 1. The van der Waals surface area contributed by atoms with Crippen LogP contribution in [0.5, 0.6) is 0 Å². The van der Waals surface area contributed by atoms with Gasteiger partial charge in [0.2, 0.25) is 0 Å². The first-order valence-electron chi connectivity index (χ1n) is 10.5. The normalized spacial score (nSPS) is 20.9. The highest BCUT2D eigenvalue weighted by atomic mass is 19.1. The smallest absolute Gasteiger partial charge is 0.317 e. The summed E-state index contributed by atoms with van der Waals surface area (Å²) in [5.74, 6) is 0.784. The molecule has 2 aromatic rings. The van der Waals surface area contributed by atoms with Crippen molar-refractivity contribution in [2.75, 3.05) is 26.2 Å². The molecule has 1 atom stereocenters. The molecule has 0 radical (unpaired) electrons. The van der Waals surface area contributed by atoms with Crippen molar-refractivity contribution in [3.8, 4) is 11.3 Å². The fourth-order valence-electron chi connectivity index (χ4n) is 4.10. The lowest BCUT2D eigenvalue weighted by molar-refractivity contribution is 0.176. The number of aromatic nitrogens is 2. The zero-order chi connectivity index (χ0) is 20.1. The molecule has 0 saturated carbocycles. The zero-order valence-corrected chi connectivity index (χ0v) is 16.6. The van der Waals surface area contributed by atoms with Gasteiger partial charge in [0.05, 0.1) is 5.69 Å².